The third kappa shape index (κ3) is 2.22. The van der Waals surface area contributed by atoms with E-state index in [-0.39, 0.29) is 19.3 Å². The second-order valence-electron chi connectivity index (χ2n) is 4.96. The van der Waals surface area contributed by atoms with Crippen molar-refractivity contribution >= 4 is 0 Å². The van der Waals surface area contributed by atoms with Gasteiger partial charge in [-0.25, -0.2) is 0 Å². The number of hydrogen-bond donors (Lipinski definition) is 2. The molecule has 0 bridgehead atoms. The summed E-state index contributed by atoms with van der Waals surface area (Å²) in [5, 5.41) is 20.5. The maximum absolute atomic E-state index is 10.8. The van der Waals surface area contributed by atoms with E-state index in [1.807, 2.05) is 4.90 Å². The highest BCUT2D eigenvalue weighted by molar-refractivity contribution is 5.03. The van der Waals surface area contributed by atoms with Gasteiger partial charge in [0.2, 0.25) is 0 Å². The largest absolute Gasteiger partial charge is 0.388 e. The van der Waals surface area contributed by atoms with E-state index in [0.717, 1.165) is 25.9 Å². The molecule has 0 saturated carbocycles. The molecule has 0 aromatic heterocycles. The van der Waals surface area contributed by atoms with Crippen LogP contribution in [0.5, 0.6) is 0 Å². The van der Waals surface area contributed by atoms with Crippen molar-refractivity contribution in [3.8, 4) is 0 Å². The summed E-state index contributed by atoms with van der Waals surface area (Å²) in [4.78, 5) is 2.02. The first kappa shape index (κ1) is 13.2. The number of fused-ring (bicyclic) bond motifs is 1. The van der Waals surface area contributed by atoms with Crippen LogP contribution in [0.25, 0.3) is 0 Å². The van der Waals surface area contributed by atoms with Gasteiger partial charge in [-0.2, -0.15) is 0 Å². The first-order valence-corrected chi connectivity index (χ1v) is 6.52. The van der Waals surface area contributed by atoms with Gasteiger partial charge in [-0.15, -0.1) is 0 Å². The normalized spacial score (nSPS) is 41.1. The third-order valence-corrected chi connectivity index (χ3v) is 3.60. The predicted octanol–water partition coefficient (Wildman–Crippen LogP) is -0.0445. The maximum Gasteiger partial charge on any atom is 0.171 e. The minimum Gasteiger partial charge on any atom is -0.388 e. The van der Waals surface area contributed by atoms with Crippen molar-refractivity contribution in [3.05, 3.63) is 0 Å². The molecular formula is C12H23NO4. The Morgan fingerprint density at radius 1 is 1.24 bits per heavy atom. The van der Waals surface area contributed by atoms with Crippen LogP contribution < -0.4 is 0 Å². The molecule has 5 heteroatoms. The molecule has 17 heavy (non-hydrogen) atoms. The second kappa shape index (κ2) is 5.20. The molecule has 2 N–H and O–H groups in total. The SMILES string of the molecule is CCCN(CCC)[C@@]1(O)CO[C@@H]2[C@H](O)CO[C@@H]21. The summed E-state index contributed by atoms with van der Waals surface area (Å²) < 4.78 is 11.0. The Morgan fingerprint density at radius 3 is 2.47 bits per heavy atom. The van der Waals surface area contributed by atoms with Gasteiger partial charge >= 0.3 is 0 Å². The quantitative estimate of drug-likeness (QED) is 0.665. The van der Waals surface area contributed by atoms with Crippen LogP contribution in [0.4, 0.5) is 0 Å². The lowest BCUT2D eigenvalue weighted by molar-refractivity contribution is -0.168. The zero-order valence-electron chi connectivity index (χ0n) is 10.6. The highest BCUT2D eigenvalue weighted by Gasteiger charge is 2.58. The van der Waals surface area contributed by atoms with Crippen molar-refractivity contribution in [1.82, 2.24) is 4.90 Å². The van der Waals surface area contributed by atoms with Gasteiger partial charge in [-0.3, -0.25) is 4.90 Å². The Morgan fingerprint density at radius 2 is 1.88 bits per heavy atom. The van der Waals surface area contributed by atoms with E-state index >= 15 is 0 Å². The molecule has 2 fully saturated rings. The molecule has 0 radical (unpaired) electrons. The highest BCUT2D eigenvalue weighted by Crippen LogP contribution is 2.36. The van der Waals surface area contributed by atoms with E-state index in [1.165, 1.54) is 0 Å². The molecule has 0 unspecified atom stereocenters. The summed E-state index contributed by atoms with van der Waals surface area (Å²) in [6, 6.07) is 0. The lowest BCUT2D eigenvalue weighted by atomic mass is 10.0. The van der Waals surface area contributed by atoms with Crippen molar-refractivity contribution in [3.63, 3.8) is 0 Å². The highest BCUT2D eigenvalue weighted by atomic mass is 16.6. The van der Waals surface area contributed by atoms with Gasteiger partial charge in [0.25, 0.3) is 0 Å². The molecule has 0 spiro atoms. The Hall–Kier alpha value is -0.200. The minimum absolute atomic E-state index is 0.222. The number of rotatable bonds is 5. The number of aliphatic hydroxyl groups is 2. The molecular weight excluding hydrogens is 222 g/mol. The lowest BCUT2D eigenvalue weighted by Crippen LogP contribution is -2.58. The van der Waals surface area contributed by atoms with E-state index in [1.54, 1.807) is 0 Å². The Bertz CT molecular complexity index is 257. The van der Waals surface area contributed by atoms with Crippen LogP contribution in [0.1, 0.15) is 26.7 Å². The molecule has 0 aromatic carbocycles. The molecule has 0 aromatic rings. The van der Waals surface area contributed by atoms with Crippen LogP contribution in [0.2, 0.25) is 0 Å². The van der Waals surface area contributed by atoms with Crippen LogP contribution in [0.15, 0.2) is 0 Å². The molecule has 0 aliphatic carbocycles. The van der Waals surface area contributed by atoms with E-state index in [4.69, 9.17) is 9.47 Å². The maximum atomic E-state index is 10.8. The fourth-order valence-corrected chi connectivity index (χ4v) is 2.80. The summed E-state index contributed by atoms with van der Waals surface area (Å²) in [5.41, 5.74) is -1.08. The van der Waals surface area contributed by atoms with E-state index in [2.05, 4.69) is 13.8 Å². The summed E-state index contributed by atoms with van der Waals surface area (Å²) in [5.74, 6) is 0. The molecule has 2 rings (SSSR count). The molecule has 100 valence electrons. The predicted molar refractivity (Wildman–Crippen MR) is 62.6 cm³/mol. The van der Waals surface area contributed by atoms with Crippen LogP contribution in [0.3, 0.4) is 0 Å². The number of aliphatic hydroxyl groups excluding tert-OH is 1. The van der Waals surface area contributed by atoms with Crippen LogP contribution >= 0.6 is 0 Å². The second-order valence-corrected chi connectivity index (χ2v) is 4.96. The monoisotopic (exact) mass is 245 g/mol. The first-order chi connectivity index (χ1) is 8.13. The summed E-state index contributed by atoms with van der Waals surface area (Å²) in [6.07, 6.45) is 0.538. The van der Waals surface area contributed by atoms with Gasteiger partial charge < -0.3 is 19.7 Å². The van der Waals surface area contributed by atoms with Gasteiger partial charge in [-0.1, -0.05) is 13.8 Å². The molecule has 2 saturated heterocycles. The average Bonchev–Trinajstić information content (AvgIpc) is 2.83. The lowest BCUT2D eigenvalue weighted by Gasteiger charge is -2.38. The van der Waals surface area contributed by atoms with Gasteiger partial charge in [0.05, 0.1) is 13.2 Å². The van der Waals surface area contributed by atoms with Crippen LogP contribution in [-0.2, 0) is 9.47 Å². The summed E-state index contributed by atoms with van der Waals surface area (Å²) in [7, 11) is 0. The van der Waals surface area contributed by atoms with Gasteiger partial charge in [0, 0.05) is 13.1 Å². The van der Waals surface area contributed by atoms with Gasteiger partial charge in [0.15, 0.2) is 5.72 Å². The van der Waals surface area contributed by atoms with Crippen molar-refractivity contribution in [2.45, 2.75) is 50.7 Å². The van der Waals surface area contributed by atoms with E-state index < -0.39 is 17.9 Å². The van der Waals surface area contributed by atoms with E-state index in [9.17, 15) is 10.2 Å². The molecule has 0 amide bonds. The third-order valence-electron chi connectivity index (χ3n) is 3.60. The van der Waals surface area contributed by atoms with E-state index in [0.29, 0.717) is 0 Å². The fourth-order valence-electron chi connectivity index (χ4n) is 2.80. The van der Waals surface area contributed by atoms with Crippen molar-refractivity contribution in [2.75, 3.05) is 26.3 Å². The number of ether oxygens (including phenoxy) is 2. The smallest absolute Gasteiger partial charge is 0.171 e. The van der Waals surface area contributed by atoms with Gasteiger partial charge in [-0.05, 0) is 12.8 Å². The molecule has 2 aliphatic rings. The molecule has 2 aliphatic heterocycles. The molecule has 5 nitrogen and oxygen atoms in total. The topological polar surface area (TPSA) is 62.2 Å². The Kier molecular flexibility index (Phi) is 4.05. The zero-order valence-corrected chi connectivity index (χ0v) is 10.6. The number of nitrogens with zero attached hydrogens (tertiary/aromatic N) is 1. The zero-order chi connectivity index (χ0) is 12.5. The standard InChI is InChI=1S/C12H23NO4/c1-3-5-13(6-4-2)12(15)8-17-10-9(14)7-16-11(10)12/h9-11,14-15H,3-8H2,1-2H3/t9-,10-,11+,12-/m1/s1. The van der Waals surface area contributed by atoms with Crippen molar-refractivity contribution in [1.29, 1.82) is 0 Å². The number of hydrogen-bond acceptors (Lipinski definition) is 5. The van der Waals surface area contributed by atoms with Gasteiger partial charge in [0.1, 0.15) is 18.3 Å². The van der Waals surface area contributed by atoms with Crippen molar-refractivity contribution in [2.24, 2.45) is 0 Å². The summed E-state index contributed by atoms with van der Waals surface area (Å²) >= 11 is 0. The Labute approximate surface area is 102 Å². The molecule has 4 atom stereocenters. The Balaban J connectivity index is 2.11. The average molecular weight is 245 g/mol. The summed E-state index contributed by atoms with van der Waals surface area (Å²) in [6.45, 7) is 6.28. The fraction of sp³-hybridized carbons (Fsp3) is 1.00. The minimum atomic E-state index is -1.08. The molecule has 2 heterocycles. The van der Waals surface area contributed by atoms with Crippen LogP contribution in [0, 0.1) is 0 Å². The van der Waals surface area contributed by atoms with Crippen molar-refractivity contribution < 1.29 is 19.7 Å². The first-order valence-electron chi connectivity index (χ1n) is 6.52. The van der Waals surface area contributed by atoms with Crippen LogP contribution in [-0.4, -0.2) is 65.5 Å².